The topological polar surface area (TPSA) is 9.23 Å². The van der Waals surface area contributed by atoms with Crippen LogP contribution in [0.15, 0.2) is 37.4 Å². The second-order valence-electron chi connectivity index (χ2n) is 2.97. The Hall–Kier alpha value is -0.920. The van der Waals surface area contributed by atoms with Crippen LogP contribution in [-0.4, -0.2) is 6.61 Å². The Labute approximate surface area is 100.0 Å². The third-order valence-corrected chi connectivity index (χ3v) is 2.29. The van der Waals surface area contributed by atoms with Crippen LogP contribution in [0.1, 0.15) is 5.56 Å². The van der Waals surface area contributed by atoms with Gasteiger partial charge in [0.15, 0.2) is 0 Å². The number of hydrogen-bond acceptors (Lipinski definition) is 1. The number of rotatable bonds is 5. The van der Waals surface area contributed by atoms with Gasteiger partial charge in [0.2, 0.25) is 0 Å². The van der Waals surface area contributed by atoms with E-state index < -0.39 is 0 Å². The molecule has 0 fully saturated rings. The quantitative estimate of drug-likeness (QED) is 0.701. The SMILES string of the molecule is C=CCOc1c(Cl)cc(Cl)cc1CC=C. The zero-order valence-corrected chi connectivity index (χ0v) is 9.81. The van der Waals surface area contributed by atoms with E-state index in [0.29, 0.717) is 28.8 Å². The maximum atomic E-state index is 6.03. The Morgan fingerprint density at radius 3 is 2.53 bits per heavy atom. The van der Waals surface area contributed by atoms with Crippen molar-refractivity contribution in [3.8, 4) is 5.75 Å². The van der Waals surface area contributed by atoms with Crippen molar-refractivity contribution < 1.29 is 4.74 Å². The highest BCUT2D eigenvalue weighted by atomic mass is 35.5. The van der Waals surface area contributed by atoms with E-state index in [-0.39, 0.29) is 0 Å². The second kappa shape index (κ2) is 5.84. The van der Waals surface area contributed by atoms with Crippen molar-refractivity contribution in [2.45, 2.75) is 6.42 Å². The molecule has 0 saturated carbocycles. The molecule has 15 heavy (non-hydrogen) atoms. The minimum absolute atomic E-state index is 0.422. The van der Waals surface area contributed by atoms with Gasteiger partial charge in [0.25, 0.3) is 0 Å². The molecule has 0 aliphatic rings. The van der Waals surface area contributed by atoms with Gasteiger partial charge in [-0.05, 0) is 18.6 Å². The Kier molecular flexibility index (Phi) is 4.73. The number of allylic oxidation sites excluding steroid dienone is 1. The Morgan fingerprint density at radius 1 is 1.20 bits per heavy atom. The van der Waals surface area contributed by atoms with Crippen molar-refractivity contribution in [1.29, 1.82) is 0 Å². The Morgan fingerprint density at radius 2 is 1.93 bits per heavy atom. The van der Waals surface area contributed by atoms with Crippen LogP contribution in [0, 0.1) is 0 Å². The molecule has 0 aromatic heterocycles. The summed E-state index contributed by atoms with van der Waals surface area (Å²) in [5.41, 5.74) is 0.935. The van der Waals surface area contributed by atoms with E-state index >= 15 is 0 Å². The van der Waals surface area contributed by atoms with Gasteiger partial charge in [-0.25, -0.2) is 0 Å². The van der Waals surface area contributed by atoms with Crippen LogP contribution in [0.5, 0.6) is 5.75 Å². The van der Waals surface area contributed by atoms with Crippen molar-refractivity contribution in [2.24, 2.45) is 0 Å². The number of halogens is 2. The first kappa shape index (κ1) is 12.2. The van der Waals surface area contributed by atoms with E-state index in [0.717, 1.165) is 5.56 Å². The van der Waals surface area contributed by atoms with Gasteiger partial charge in [0, 0.05) is 10.6 Å². The summed E-state index contributed by atoms with van der Waals surface area (Å²) in [5, 5.41) is 1.11. The largest absolute Gasteiger partial charge is 0.488 e. The van der Waals surface area contributed by atoms with E-state index in [1.54, 1.807) is 18.2 Å². The van der Waals surface area contributed by atoms with Crippen molar-refractivity contribution in [1.82, 2.24) is 0 Å². The molecule has 0 unspecified atom stereocenters. The highest BCUT2D eigenvalue weighted by Gasteiger charge is 2.09. The molecular formula is C12H12Cl2O. The molecule has 80 valence electrons. The molecule has 1 nitrogen and oxygen atoms in total. The van der Waals surface area contributed by atoms with E-state index in [4.69, 9.17) is 27.9 Å². The fraction of sp³-hybridized carbons (Fsp3) is 0.167. The summed E-state index contributed by atoms with van der Waals surface area (Å²) in [4.78, 5) is 0. The van der Waals surface area contributed by atoms with Crippen molar-refractivity contribution >= 4 is 23.2 Å². The minimum Gasteiger partial charge on any atom is -0.488 e. The first-order valence-electron chi connectivity index (χ1n) is 4.51. The molecule has 0 heterocycles. The lowest BCUT2D eigenvalue weighted by Gasteiger charge is -2.11. The summed E-state index contributed by atoms with van der Waals surface area (Å²) < 4.78 is 5.47. The van der Waals surface area contributed by atoms with Gasteiger partial charge in [0.05, 0.1) is 5.02 Å². The third-order valence-electron chi connectivity index (χ3n) is 1.80. The summed E-state index contributed by atoms with van der Waals surface area (Å²) in [5.74, 6) is 0.654. The van der Waals surface area contributed by atoms with Gasteiger partial charge in [0.1, 0.15) is 12.4 Å². The fourth-order valence-corrected chi connectivity index (χ4v) is 1.81. The lowest BCUT2D eigenvalue weighted by Crippen LogP contribution is -1.98. The van der Waals surface area contributed by atoms with Crippen LogP contribution in [0.25, 0.3) is 0 Å². The van der Waals surface area contributed by atoms with Crippen molar-refractivity contribution in [2.75, 3.05) is 6.61 Å². The first-order chi connectivity index (χ1) is 7.19. The average molecular weight is 243 g/mol. The highest BCUT2D eigenvalue weighted by Crippen LogP contribution is 2.32. The van der Waals surface area contributed by atoms with Crippen molar-refractivity contribution in [3.63, 3.8) is 0 Å². The molecule has 0 spiro atoms. The maximum absolute atomic E-state index is 6.03. The lowest BCUT2D eigenvalue weighted by molar-refractivity contribution is 0.360. The van der Waals surface area contributed by atoms with Gasteiger partial charge in [-0.3, -0.25) is 0 Å². The molecule has 3 heteroatoms. The molecule has 1 aromatic rings. The standard InChI is InChI=1S/C12H12Cl2O/c1-3-5-9-7-10(13)8-11(14)12(9)15-6-4-2/h3-4,7-8H,1-2,5-6H2. The van der Waals surface area contributed by atoms with E-state index in [1.807, 2.05) is 6.07 Å². The normalized spacial score (nSPS) is 9.73. The number of hydrogen-bond donors (Lipinski definition) is 0. The van der Waals surface area contributed by atoms with E-state index in [2.05, 4.69) is 13.2 Å². The summed E-state index contributed by atoms with van der Waals surface area (Å²) in [6, 6.07) is 3.49. The molecule has 1 rings (SSSR count). The number of ether oxygens (including phenoxy) is 1. The zero-order valence-electron chi connectivity index (χ0n) is 8.30. The van der Waals surface area contributed by atoms with Crippen LogP contribution >= 0.6 is 23.2 Å². The monoisotopic (exact) mass is 242 g/mol. The minimum atomic E-state index is 0.422. The van der Waals surface area contributed by atoms with Crippen LogP contribution in [0.3, 0.4) is 0 Å². The maximum Gasteiger partial charge on any atom is 0.141 e. The van der Waals surface area contributed by atoms with Crippen LogP contribution in [0.4, 0.5) is 0 Å². The second-order valence-corrected chi connectivity index (χ2v) is 3.81. The van der Waals surface area contributed by atoms with Crippen LogP contribution in [0.2, 0.25) is 10.0 Å². The lowest BCUT2D eigenvalue weighted by atomic mass is 10.1. The molecule has 0 atom stereocenters. The summed E-state index contributed by atoms with van der Waals surface area (Å²) in [6.07, 6.45) is 4.12. The van der Waals surface area contributed by atoms with Gasteiger partial charge >= 0.3 is 0 Å². The average Bonchev–Trinajstić information content (AvgIpc) is 2.17. The van der Waals surface area contributed by atoms with Crippen LogP contribution < -0.4 is 4.74 Å². The smallest absolute Gasteiger partial charge is 0.141 e. The van der Waals surface area contributed by atoms with Crippen molar-refractivity contribution in [3.05, 3.63) is 53.1 Å². The van der Waals surface area contributed by atoms with Gasteiger partial charge in [-0.1, -0.05) is 41.9 Å². The summed E-state index contributed by atoms with van der Waals surface area (Å²) >= 11 is 11.9. The molecule has 0 bridgehead atoms. The van der Waals surface area contributed by atoms with E-state index in [1.165, 1.54) is 0 Å². The highest BCUT2D eigenvalue weighted by molar-refractivity contribution is 6.35. The zero-order chi connectivity index (χ0) is 11.3. The molecule has 0 saturated heterocycles. The molecule has 0 aliphatic carbocycles. The number of benzene rings is 1. The molecule has 1 aromatic carbocycles. The van der Waals surface area contributed by atoms with Gasteiger partial charge < -0.3 is 4.74 Å². The summed E-state index contributed by atoms with van der Waals surface area (Å²) in [6.45, 7) is 7.68. The molecule has 0 N–H and O–H groups in total. The summed E-state index contributed by atoms with van der Waals surface area (Å²) in [7, 11) is 0. The molecule has 0 aliphatic heterocycles. The molecule has 0 amide bonds. The Balaban J connectivity index is 3.07. The Bertz CT molecular complexity index is 372. The predicted molar refractivity (Wildman–Crippen MR) is 66.1 cm³/mol. The van der Waals surface area contributed by atoms with Gasteiger partial charge in [-0.2, -0.15) is 0 Å². The fourth-order valence-electron chi connectivity index (χ4n) is 1.22. The molecular weight excluding hydrogens is 231 g/mol. The van der Waals surface area contributed by atoms with Gasteiger partial charge in [-0.15, -0.1) is 6.58 Å². The third kappa shape index (κ3) is 3.29. The first-order valence-corrected chi connectivity index (χ1v) is 5.27. The van der Waals surface area contributed by atoms with Crippen LogP contribution in [-0.2, 0) is 6.42 Å². The predicted octanol–water partition coefficient (Wildman–Crippen LogP) is 4.29. The van der Waals surface area contributed by atoms with E-state index in [9.17, 15) is 0 Å². The molecule has 0 radical (unpaired) electrons.